The molecule has 2 heterocycles. The highest BCUT2D eigenvalue weighted by atomic mass is 32.2. The lowest BCUT2D eigenvalue weighted by Gasteiger charge is -2.06. The minimum absolute atomic E-state index is 0.491. The minimum Gasteiger partial charge on any atom is -0.420 e. The summed E-state index contributed by atoms with van der Waals surface area (Å²) in [6, 6.07) is 15.8. The van der Waals surface area contributed by atoms with E-state index < -0.39 is 0 Å². The molecule has 4 aromatic rings. The molecule has 4 rings (SSSR count). The van der Waals surface area contributed by atoms with Gasteiger partial charge in [-0.1, -0.05) is 36.0 Å². The quantitative estimate of drug-likeness (QED) is 0.500. The van der Waals surface area contributed by atoms with Crippen LogP contribution in [0.1, 0.15) is 17.0 Å². The van der Waals surface area contributed by atoms with E-state index in [-0.39, 0.29) is 0 Å². The third kappa shape index (κ3) is 3.36. The molecule has 0 amide bonds. The maximum absolute atomic E-state index is 5.73. The number of rotatable bonds is 5. The summed E-state index contributed by atoms with van der Waals surface area (Å²) < 4.78 is 7.44. The van der Waals surface area contributed by atoms with Gasteiger partial charge in [-0.15, -0.1) is 15.3 Å². The second-order valence-electron chi connectivity index (χ2n) is 5.80. The van der Waals surface area contributed by atoms with E-state index in [0.29, 0.717) is 22.7 Å². The normalized spacial score (nSPS) is 11.0. The Morgan fingerprint density at radius 3 is 2.62 bits per heavy atom. The van der Waals surface area contributed by atoms with Crippen LogP contribution in [0, 0.1) is 13.8 Å². The SMILES string of the molecule is Cc1ccc(-n2nnnc2SCc2nnc(-c3ccccc3)o2)cc1C. The molecule has 0 aliphatic heterocycles. The van der Waals surface area contributed by atoms with Crippen LogP contribution in [0.2, 0.25) is 0 Å². The smallest absolute Gasteiger partial charge is 0.247 e. The molecule has 0 saturated carbocycles. The maximum Gasteiger partial charge on any atom is 0.247 e. The highest BCUT2D eigenvalue weighted by molar-refractivity contribution is 7.98. The molecule has 0 saturated heterocycles. The van der Waals surface area contributed by atoms with Crippen LogP contribution in [0.3, 0.4) is 0 Å². The van der Waals surface area contributed by atoms with Crippen molar-refractivity contribution in [1.29, 1.82) is 0 Å². The molecule has 26 heavy (non-hydrogen) atoms. The first-order valence-corrected chi connectivity index (χ1v) is 9.06. The van der Waals surface area contributed by atoms with Crippen LogP contribution in [0.25, 0.3) is 17.1 Å². The Labute approximate surface area is 154 Å². The highest BCUT2D eigenvalue weighted by Crippen LogP contribution is 2.24. The van der Waals surface area contributed by atoms with Crippen LogP contribution < -0.4 is 0 Å². The number of aromatic nitrogens is 6. The number of aryl methyl sites for hydroxylation is 2. The van der Waals surface area contributed by atoms with E-state index in [9.17, 15) is 0 Å². The Morgan fingerprint density at radius 2 is 1.81 bits per heavy atom. The summed E-state index contributed by atoms with van der Waals surface area (Å²) in [5.74, 6) is 1.53. The van der Waals surface area contributed by atoms with Gasteiger partial charge in [-0.05, 0) is 59.7 Å². The lowest BCUT2D eigenvalue weighted by Crippen LogP contribution is -2.00. The molecule has 0 N–H and O–H groups in total. The van der Waals surface area contributed by atoms with Crippen molar-refractivity contribution in [3.05, 3.63) is 65.5 Å². The number of hydrogen-bond acceptors (Lipinski definition) is 7. The molecule has 0 bridgehead atoms. The van der Waals surface area contributed by atoms with Crippen LogP contribution >= 0.6 is 11.8 Å². The van der Waals surface area contributed by atoms with Crippen LogP contribution in [-0.2, 0) is 5.75 Å². The van der Waals surface area contributed by atoms with Gasteiger partial charge in [0.15, 0.2) is 0 Å². The number of tetrazole rings is 1. The predicted molar refractivity (Wildman–Crippen MR) is 97.9 cm³/mol. The zero-order valence-corrected chi connectivity index (χ0v) is 15.1. The molecule has 130 valence electrons. The van der Waals surface area contributed by atoms with Crippen molar-refractivity contribution in [1.82, 2.24) is 30.4 Å². The van der Waals surface area contributed by atoms with E-state index in [0.717, 1.165) is 11.3 Å². The molecule has 0 fully saturated rings. The third-order valence-corrected chi connectivity index (χ3v) is 4.89. The fourth-order valence-corrected chi connectivity index (χ4v) is 3.15. The van der Waals surface area contributed by atoms with E-state index in [1.54, 1.807) is 4.68 Å². The number of nitrogens with zero attached hydrogens (tertiary/aromatic N) is 6. The summed E-state index contributed by atoms with van der Waals surface area (Å²) >= 11 is 1.45. The summed E-state index contributed by atoms with van der Waals surface area (Å²) in [5, 5.41) is 20.9. The highest BCUT2D eigenvalue weighted by Gasteiger charge is 2.13. The Hall–Kier alpha value is -3.00. The van der Waals surface area contributed by atoms with E-state index in [2.05, 4.69) is 51.7 Å². The molecule has 0 aliphatic carbocycles. The minimum atomic E-state index is 0.491. The summed E-state index contributed by atoms with van der Waals surface area (Å²) in [7, 11) is 0. The Bertz CT molecular complexity index is 1030. The van der Waals surface area contributed by atoms with Gasteiger partial charge in [-0.25, -0.2) is 0 Å². The van der Waals surface area contributed by atoms with E-state index >= 15 is 0 Å². The summed E-state index contributed by atoms with van der Waals surface area (Å²) in [6.45, 7) is 4.15. The van der Waals surface area contributed by atoms with Gasteiger partial charge in [0.2, 0.25) is 16.9 Å². The van der Waals surface area contributed by atoms with Crippen molar-refractivity contribution < 1.29 is 4.42 Å². The average Bonchev–Trinajstić information content (AvgIpc) is 3.32. The lowest BCUT2D eigenvalue weighted by molar-refractivity contribution is 0.528. The predicted octanol–water partition coefficient (Wildman–Crippen LogP) is 3.62. The molecule has 2 aromatic heterocycles. The lowest BCUT2D eigenvalue weighted by atomic mass is 10.1. The Morgan fingerprint density at radius 1 is 0.962 bits per heavy atom. The van der Waals surface area contributed by atoms with Crippen molar-refractivity contribution in [2.75, 3.05) is 0 Å². The molecule has 2 aromatic carbocycles. The molecule has 0 radical (unpaired) electrons. The first-order valence-electron chi connectivity index (χ1n) is 8.07. The second-order valence-corrected chi connectivity index (χ2v) is 6.74. The van der Waals surface area contributed by atoms with Gasteiger partial charge in [-0.3, -0.25) is 0 Å². The molecular formula is C18H16N6OS. The van der Waals surface area contributed by atoms with Gasteiger partial charge in [0.05, 0.1) is 11.4 Å². The largest absolute Gasteiger partial charge is 0.420 e. The van der Waals surface area contributed by atoms with Crippen molar-refractivity contribution >= 4 is 11.8 Å². The maximum atomic E-state index is 5.73. The number of benzene rings is 2. The third-order valence-electron chi connectivity index (χ3n) is 3.99. The molecule has 0 aliphatic rings. The molecule has 0 atom stereocenters. The number of thioether (sulfide) groups is 1. The van der Waals surface area contributed by atoms with Gasteiger partial charge in [0, 0.05) is 5.56 Å². The summed E-state index contributed by atoms with van der Waals surface area (Å²) in [4.78, 5) is 0. The van der Waals surface area contributed by atoms with E-state index in [4.69, 9.17) is 4.42 Å². The average molecular weight is 364 g/mol. The van der Waals surface area contributed by atoms with Gasteiger partial charge in [0.1, 0.15) is 0 Å². The van der Waals surface area contributed by atoms with Crippen LogP contribution in [-0.4, -0.2) is 30.4 Å². The first-order chi connectivity index (χ1) is 12.7. The molecular weight excluding hydrogens is 348 g/mol. The van der Waals surface area contributed by atoms with Crippen molar-refractivity contribution in [2.24, 2.45) is 0 Å². The van der Waals surface area contributed by atoms with Crippen molar-refractivity contribution in [3.63, 3.8) is 0 Å². The van der Waals surface area contributed by atoms with Crippen molar-refractivity contribution in [2.45, 2.75) is 24.8 Å². The summed E-state index contributed by atoms with van der Waals surface area (Å²) in [5.41, 5.74) is 4.25. The second kappa shape index (κ2) is 7.09. The number of hydrogen-bond donors (Lipinski definition) is 0. The molecule has 8 heteroatoms. The Balaban J connectivity index is 1.50. The zero-order valence-electron chi connectivity index (χ0n) is 14.3. The molecule has 7 nitrogen and oxygen atoms in total. The van der Waals surface area contributed by atoms with Crippen molar-refractivity contribution in [3.8, 4) is 17.1 Å². The fourth-order valence-electron chi connectivity index (χ4n) is 2.42. The van der Waals surface area contributed by atoms with Gasteiger partial charge in [0.25, 0.3) is 0 Å². The van der Waals surface area contributed by atoms with Crippen LogP contribution in [0.4, 0.5) is 0 Å². The van der Waals surface area contributed by atoms with Crippen LogP contribution in [0.5, 0.6) is 0 Å². The molecule has 0 unspecified atom stereocenters. The van der Waals surface area contributed by atoms with Gasteiger partial charge in [-0.2, -0.15) is 4.68 Å². The van der Waals surface area contributed by atoms with Crippen LogP contribution in [0.15, 0.2) is 58.1 Å². The zero-order chi connectivity index (χ0) is 17.9. The fraction of sp³-hybridized carbons (Fsp3) is 0.167. The Kier molecular flexibility index (Phi) is 4.49. The topological polar surface area (TPSA) is 82.5 Å². The first kappa shape index (κ1) is 16.5. The monoisotopic (exact) mass is 364 g/mol. The standard InChI is InChI=1S/C18H16N6OS/c1-12-8-9-15(10-13(12)2)24-18(21-22-23-24)26-11-16-19-20-17(25-16)14-6-4-3-5-7-14/h3-10H,11H2,1-2H3. The van der Waals surface area contributed by atoms with E-state index in [1.165, 1.54) is 22.9 Å². The van der Waals surface area contributed by atoms with Gasteiger partial charge < -0.3 is 4.42 Å². The molecule has 0 spiro atoms. The summed E-state index contributed by atoms with van der Waals surface area (Å²) in [6.07, 6.45) is 0. The van der Waals surface area contributed by atoms with E-state index in [1.807, 2.05) is 36.4 Å². The van der Waals surface area contributed by atoms with Gasteiger partial charge >= 0.3 is 0 Å².